The van der Waals surface area contributed by atoms with E-state index in [9.17, 15) is 4.79 Å². The Morgan fingerprint density at radius 3 is 2.78 bits per heavy atom. The van der Waals surface area contributed by atoms with Crippen LogP contribution >= 0.6 is 0 Å². The molecule has 3 heteroatoms. The molecule has 126 valence electrons. The molecular formula is C20H30N2O. The van der Waals surface area contributed by atoms with E-state index in [1.807, 2.05) is 0 Å². The molecule has 1 aromatic carbocycles. The van der Waals surface area contributed by atoms with Crippen molar-refractivity contribution in [1.82, 2.24) is 10.2 Å². The summed E-state index contributed by atoms with van der Waals surface area (Å²) >= 11 is 0. The summed E-state index contributed by atoms with van der Waals surface area (Å²) in [5.41, 5.74) is 4.23. The van der Waals surface area contributed by atoms with Crippen LogP contribution in [0.2, 0.25) is 0 Å². The molecule has 0 radical (unpaired) electrons. The first-order valence-electron chi connectivity index (χ1n) is 9.28. The Bertz CT molecular complexity index is 555. The number of benzene rings is 1. The number of hydrogen-bond acceptors (Lipinski definition) is 2. The van der Waals surface area contributed by atoms with Crippen LogP contribution in [0.3, 0.4) is 0 Å². The summed E-state index contributed by atoms with van der Waals surface area (Å²) in [5.74, 6) is 0.156. The molecule has 3 rings (SSSR count). The molecule has 0 spiro atoms. The molecule has 1 heterocycles. The minimum absolute atomic E-state index is 0.0924. The Hall–Kier alpha value is -1.35. The Kier molecular flexibility index (Phi) is 5.37. The lowest BCUT2D eigenvalue weighted by Crippen LogP contribution is -2.44. The van der Waals surface area contributed by atoms with Crippen LogP contribution in [0.1, 0.15) is 68.7 Å². The molecule has 3 nitrogen and oxygen atoms in total. The fourth-order valence-corrected chi connectivity index (χ4v) is 3.97. The normalized spacial score (nSPS) is 23.1. The predicted molar refractivity (Wildman–Crippen MR) is 94.5 cm³/mol. The van der Waals surface area contributed by atoms with Crippen LogP contribution in [0.5, 0.6) is 0 Å². The molecule has 1 saturated heterocycles. The first kappa shape index (κ1) is 16.5. The number of carbonyl (C=O) groups excluding carboxylic acids is 1. The number of hydrogen-bond donors (Lipinski definition) is 1. The number of nitrogens with one attached hydrogen (secondary N) is 1. The number of rotatable bonds is 4. The summed E-state index contributed by atoms with van der Waals surface area (Å²) in [6.07, 6.45) is 8.74. The van der Waals surface area contributed by atoms with Gasteiger partial charge in [-0.05, 0) is 75.6 Å². The molecular weight excluding hydrogens is 284 g/mol. The maximum atomic E-state index is 12.4. The molecule has 0 unspecified atom stereocenters. The summed E-state index contributed by atoms with van der Waals surface area (Å²) in [6.45, 7) is 5.93. The molecule has 2 atom stereocenters. The highest BCUT2D eigenvalue weighted by atomic mass is 16.2. The van der Waals surface area contributed by atoms with E-state index < -0.39 is 0 Å². The van der Waals surface area contributed by atoms with Gasteiger partial charge in [0, 0.05) is 6.04 Å². The van der Waals surface area contributed by atoms with Crippen LogP contribution in [0.4, 0.5) is 0 Å². The van der Waals surface area contributed by atoms with Gasteiger partial charge in [0.2, 0.25) is 5.91 Å². The molecule has 1 aliphatic heterocycles. The van der Waals surface area contributed by atoms with Gasteiger partial charge in [-0.1, -0.05) is 24.6 Å². The van der Waals surface area contributed by atoms with Gasteiger partial charge in [-0.25, -0.2) is 0 Å². The highest BCUT2D eigenvalue weighted by Gasteiger charge is 2.21. The molecule has 1 aliphatic carbocycles. The zero-order valence-corrected chi connectivity index (χ0v) is 14.6. The van der Waals surface area contributed by atoms with Crippen molar-refractivity contribution >= 4 is 5.91 Å². The average Bonchev–Trinajstić information content (AvgIpc) is 2.56. The summed E-state index contributed by atoms with van der Waals surface area (Å²) < 4.78 is 0. The third-order valence-electron chi connectivity index (χ3n) is 5.54. The molecule has 1 amide bonds. The Morgan fingerprint density at radius 1 is 1.22 bits per heavy atom. The lowest BCUT2D eigenvalue weighted by molar-refractivity contribution is -0.123. The van der Waals surface area contributed by atoms with Crippen molar-refractivity contribution in [2.24, 2.45) is 0 Å². The smallest absolute Gasteiger partial charge is 0.234 e. The van der Waals surface area contributed by atoms with Gasteiger partial charge in [-0.2, -0.15) is 0 Å². The zero-order chi connectivity index (χ0) is 16.2. The van der Waals surface area contributed by atoms with Gasteiger partial charge >= 0.3 is 0 Å². The number of piperidine rings is 1. The van der Waals surface area contributed by atoms with Gasteiger partial charge in [0.1, 0.15) is 0 Å². The van der Waals surface area contributed by atoms with E-state index in [0.717, 1.165) is 6.54 Å². The van der Waals surface area contributed by atoms with Crippen molar-refractivity contribution in [3.05, 3.63) is 34.9 Å². The second kappa shape index (κ2) is 7.48. The lowest BCUT2D eigenvalue weighted by Gasteiger charge is -2.33. The van der Waals surface area contributed by atoms with Crippen molar-refractivity contribution in [3.63, 3.8) is 0 Å². The maximum absolute atomic E-state index is 12.4. The Labute approximate surface area is 140 Å². The van der Waals surface area contributed by atoms with Crippen molar-refractivity contribution in [2.75, 3.05) is 13.1 Å². The molecule has 1 N–H and O–H groups in total. The third kappa shape index (κ3) is 4.14. The molecule has 0 aromatic heterocycles. The minimum atomic E-state index is 0.0924. The Balaban J connectivity index is 1.57. The number of amides is 1. The van der Waals surface area contributed by atoms with Crippen LogP contribution in [-0.2, 0) is 17.6 Å². The topological polar surface area (TPSA) is 32.3 Å². The van der Waals surface area contributed by atoms with E-state index >= 15 is 0 Å². The van der Waals surface area contributed by atoms with Crippen molar-refractivity contribution < 1.29 is 4.79 Å². The first-order chi connectivity index (χ1) is 11.1. The van der Waals surface area contributed by atoms with Crippen molar-refractivity contribution in [3.8, 4) is 0 Å². The van der Waals surface area contributed by atoms with Crippen LogP contribution in [0, 0.1) is 0 Å². The fraction of sp³-hybridized carbons (Fsp3) is 0.650. The molecule has 2 aliphatic rings. The van der Waals surface area contributed by atoms with Crippen LogP contribution in [0.15, 0.2) is 18.2 Å². The molecule has 1 aromatic rings. The zero-order valence-electron chi connectivity index (χ0n) is 14.6. The number of fused-ring (bicyclic) bond motifs is 1. The Morgan fingerprint density at radius 2 is 2.00 bits per heavy atom. The van der Waals surface area contributed by atoms with Gasteiger partial charge in [-0.3, -0.25) is 9.69 Å². The SMILES string of the molecule is C[C@@H]1CCCCN1CC(=O)N[C@H](C)c1ccc2c(c1)CCCC2. The monoisotopic (exact) mass is 314 g/mol. The van der Waals surface area contributed by atoms with Gasteiger partial charge in [-0.15, -0.1) is 0 Å². The summed E-state index contributed by atoms with van der Waals surface area (Å²) in [7, 11) is 0. The van der Waals surface area contributed by atoms with Gasteiger partial charge in [0.15, 0.2) is 0 Å². The van der Waals surface area contributed by atoms with Crippen molar-refractivity contribution in [1.29, 1.82) is 0 Å². The average molecular weight is 314 g/mol. The minimum Gasteiger partial charge on any atom is -0.348 e. The number of aryl methyl sites for hydroxylation is 2. The van der Waals surface area contributed by atoms with E-state index in [-0.39, 0.29) is 11.9 Å². The summed E-state index contributed by atoms with van der Waals surface area (Å²) in [4.78, 5) is 14.7. The highest BCUT2D eigenvalue weighted by molar-refractivity contribution is 5.78. The third-order valence-corrected chi connectivity index (χ3v) is 5.54. The van der Waals surface area contributed by atoms with Crippen LogP contribution < -0.4 is 5.32 Å². The maximum Gasteiger partial charge on any atom is 0.234 e. The number of nitrogens with zero attached hydrogens (tertiary/aromatic N) is 1. The molecule has 1 fully saturated rings. The summed E-state index contributed by atoms with van der Waals surface area (Å²) in [5, 5.41) is 3.19. The predicted octanol–water partition coefficient (Wildman–Crippen LogP) is 3.62. The van der Waals surface area contributed by atoms with E-state index in [1.165, 1.54) is 61.6 Å². The molecule has 0 saturated carbocycles. The highest BCUT2D eigenvalue weighted by Crippen LogP contribution is 2.25. The molecule has 23 heavy (non-hydrogen) atoms. The van der Waals surface area contributed by atoms with Crippen molar-refractivity contribution in [2.45, 2.75) is 70.9 Å². The number of carbonyl (C=O) groups is 1. The largest absolute Gasteiger partial charge is 0.348 e. The second-order valence-electron chi connectivity index (χ2n) is 7.34. The van der Waals surface area contributed by atoms with E-state index in [2.05, 4.69) is 42.3 Å². The summed E-state index contributed by atoms with van der Waals surface area (Å²) in [6, 6.07) is 7.39. The van der Waals surface area contributed by atoms with Crippen LogP contribution in [-0.4, -0.2) is 29.9 Å². The van der Waals surface area contributed by atoms with Gasteiger partial charge in [0.05, 0.1) is 12.6 Å². The van der Waals surface area contributed by atoms with E-state index in [1.54, 1.807) is 0 Å². The first-order valence-corrected chi connectivity index (χ1v) is 9.28. The second-order valence-corrected chi connectivity index (χ2v) is 7.34. The van der Waals surface area contributed by atoms with Crippen LogP contribution in [0.25, 0.3) is 0 Å². The quantitative estimate of drug-likeness (QED) is 0.920. The fourth-order valence-electron chi connectivity index (χ4n) is 3.97. The number of likely N-dealkylation sites (tertiary alicyclic amines) is 1. The molecule has 0 bridgehead atoms. The van der Waals surface area contributed by atoms with Gasteiger partial charge in [0.25, 0.3) is 0 Å². The lowest BCUT2D eigenvalue weighted by atomic mass is 9.89. The standard InChI is InChI=1S/C20H30N2O/c1-15-7-5-6-12-22(15)14-20(23)21-16(2)18-11-10-17-8-3-4-9-19(17)13-18/h10-11,13,15-16H,3-9,12,14H2,1-2H3,(H,21,23)/t15-,16-/m1/s1. The van der Waals surface area contributed by atoms with Gasteiger partial charge < -0.3 is 5.32 Å². The van der Waals surface area contributed by atoms with E-state index in [0.29, 0.717) is 12.6 Å². The van der Waals surface area contributed by atoms with E-state index in [4.69, 9.17) is 0 Å².